The van der Waals surface area contributed by atoms with Crippen molar-refractivity contribution in [1.29, 1.82) is 0 Å². The summed E-state index contributed by atoms with van der Waals surface area (Å²) in [6, 6.07) is 1.61. The second-order valence-corrected chi connectivity index (χ2v) is 8.67. The van der Waals surface area contributed by atoms with Gasteiger partial charge in [0.1, 0.15) is 17.8 Å². The van der Waals surface area contributed by atoms with E-state index in [1.807, 2.05) is 4.90 Å². The first kappa shape index (κ1) is 28.8. The second-order valence-electron chi connectivity index (χ2n) is 8.29. The lowest BCUT2D eigenvalue weighted by molar-refractivity contribution is -0.143. The molecule has 1 aliphatic rings. The first-order valence-corrected chi connectivity index (χ1v) is 11.4. The van der Waals surface area contributed by atoms with E-state index in [-0.39, 0.29) is 19.2 Å². The van der Waals surface area contributed by atoms with Gasteiger partial charge in [0.2, 0.25) is 23.4 Å². The van der Waals surface area contributed by atoms with Crippen LogP contribution in [0.4, 0.5) is 17.6 Å². The third-order valence-corrected chi connectivity index (χ3v) is 5.68. The van der Waals surface area contributed by atoms with Crippen molar-refractivity contribution in [3.63, 3.8) is 0 Å². The van der Waals surface area contributed by atoms with Crippen LogP contribution < -0.4 is 10.1 Å². The summed E-state index contributed by atoms with van der Waals surface area (Å²) in [6.07, 6.45) is 0.650. The van der Waals surface area contributed by atoms with Crippen molar-refractivity contribution in [1.82, 2.24) is 20.1 Å². The number of piperazine rings is 1. The van der Waals surface area contributed by atoms with Crippen LogP contribution in [0, 0.1) is 23.3 Å². The monoisotopic (exact) mass is 560 g/mol. The molecule has 1 aliphatic heterocycles. The minimum atomic E-state index is -1.89. The van der Waals surface area contributed by atoms with Gasteiger partial charge in [-0.3, -0.25) is 24.1 Å². The summed E-state index contributed by atoms with van der Waals surface area (Å²) in [7, 11) is 0. The number of nitrogens with one attached hydrogen (secondary N) is 1. The molecular weight excluding hydrogens is 540 g/mol. The van der Waals surface area contributed by atoms with Gasteiger partial charge < -0.3 is 20.1 Å². The number of pyridine rings is 1. The molecule has 3 rings (SSSR count). The molecule has 2 amide bonds. The van der Waals surface area contributed by atoms with Crippen molar-refractivity contribution in [3.8, 4) is 5.75 Å². The quantitative estimate of drug-likeness (QED) is 0.241. The van der Waals surface area contributed by atoms with Gasteiger partial charge in [0, 0.05) is 31.9 Å². The van der Waals surface area contributed by atoms with Crippen LogP contribution in [-0.4, -0.2) is 82.3 Å². The Morgan fingerprint density at radius 2 is 1.82 bits per heavy atom. The molecule has 1 aromatic carbocycles. The predicted molar refractivity (Wildman–Crippen MR) is 122 cm³/mol. The first-order valence-electron chi connectivity index (χ1n) is 11.0. The van der Waals surface area contributed by atoms with Crippen LogP contribution in [-0.2, 0) is 25.7 Å². The van der Waals surface area contributed by atoms with Crippen LogP contribution in [0.3, 0.4) is 0 Å². The van der Waals surface area contributed by atoms with Crippen molar-refractivity contribution in [2.24, 2.45) is 0 Å². The van der Waals surface area contributed by atoms with Gasteiger partial charge in [0.05, 0.1) is 19.5 Å². The average Bonchev–Trinajstić information content (AvgIpc) is 2.85. The Balaban J connectivity index is 1.56. The van der Waals surface area contributed by atoms with E-state index in [0.29, 0.717) is 18.2 Å². The molecule has 2 heterocycles. The Morgan fingerprint density at radius 3 is 2.39 bits per heavy atom. The average molecular weight is 561 g/mol. The number of carbonyl (C=O) groups is 4. The number of hydrogen-bond donors (Lipinski definition) is 2. The lowest BCUT2D eigenvalue weighted by Gasteiger charge is -2.34. The molecule has 10 nitrogen and oxygen atoms in total. The summed E-state index contributed by atoms with van der Waals surface area (Å²) >= 11 is 5.76. The number of Topliss-reactive ketones (excluding diaryl/α,β-unsaturated/α-hetero) is 1. The van der Waals surface area contributed by atoms with Gasteiger partial charge in [-0.15, -0.1) is 0 Å². The Hall–Kier alpha value is -3.78. The van der Waals surface area contributed by atoms with Crippen molar-refractivity contribution >= 4 is 35.2 Å². The molecule has 1 unspecified atom stereocenters. The van der Waals surface area contributed by atoms with Crippen LogP contribution in [0.1, 0.15) is 12.0 Å². The Morgan fingerprint density at radius 1 is 1.13 bits per heavy atom. The van der Waals surface area contributed by atoms with Crippen molar-refractivity contribution < 1.29 is 46.6 Å². The van der Waals surface area contributed by atoms with Gasteiger partial charge in [-0.25, -0.2) is 13.8 Å². The van der Waals surface area contributed by atoms with Crippen LogP contribution in [0.2, 0.25) is 5.15 Å². The molecule has 0 bridgehead atoms. The van der Waals surface area contributed by atoms with Gasteiger partial charge in [0.25, 0.3) is 0 Å². The Labute approximate surface area is 218 Å². The summed E-state index contributed by atoms with van der Waals surface area (Å²) < 4.78 is 58.7. The molecule has 38 heavy (non-hydrogen) atoms. The maximum Gasteiger partial charge on any atom is 0.305 e. The number of ether oxygens (including phenoxy) is 1. The molecule has 1 atom stereocenters. The number of hydrogen-bond acceptors (Lipinski definition) is 7. The van der Waals surface area contributed by atoms with E-state index >= 15 is 0 Å². The van der Waals surface area contributed by atoms with Crippen LogP contribution >= 0.6 is 11.6 Å². The topological polar surface area (TPSA) is 129 Å². The predicted octanol–water partition coefficient (Wildman–Crippen LogP) is 1.54. The van der Waals surface area contributed by atoms with Crippen LogP contribution in [0.5, 0.6) is 5.75 Å². The molecule has 0 radical (unpaired) electrons. The number of ketones is 1. The molecule has 1 aromatic heterocycles. The summed E-state index contributed by atoms with van der Waals surface area (Å²) in [5.41, 5.74) is 0.825. The normalized spacial score (nSPS) is 14.8. The first-order chi connectivity index (χ1) is 17.9. The number of aromatic nitrogens is 1. The van der Waals surface area contributed by atoms with Gasteiger partial charge >= 0.3 is 5.97 Å². The highest BCUT2D eigenvalue weighted by molar-refractivity contribution is 6.29. The van der Waals surface area contributed by atoms with E-state index in [9.17, 15) is 36.7 Å². The Kier molecular flexibility index (Phi) is 9.58. The van der Waals surface area contributed by atoms with Gasteiger partial charge in [0.15, 0.2) is 23.2 Å². The molecule has 15 heteroatoms. The fourth-order valence-electron chi connectivity index (χ4n) is 3.57. The van der Waals surface area contributed by atoms with Crippen LogP contribution in [0.25, 0.3) is 0 Å². The van der Waals surface area contributed by atoms with Crippen LogP contribution in [0.15, 0.2) is 24.4 Å². The molecule has 1 fully saturated rings. The molecule has 2 N–H and O–H groups in total. The second kappa shape index (κ2) is 12.6. The number of rotatable bonds is 11. The smallest absolute Gasteiger partial charge is 0.305 e. The minimum Gasteiger partial charge on any atom is -0.481 e. The Bertz CT molecular complexity index is 1210. The fourth-order valence-corrected chi connectivity index (χ4v) is 3.68. The number of aliphatic carboxylic acids is 1. The highest BCUT2D eigenvalue weighted by Crippen LogP contribution is 2.26. The fraction of sp³-hybridized carbons (Fsp3) is 0.348. The zero-order valence-electron chi connectivity index (χ0n) is 19.6. The third-order valence-electron chi connectivity index (χ3n) is 5.46. The standard InChI is InChI=1S/C23H21ClF4N4O6/c24-17-2-1-12(7-29-17)8-31-3-4-32(19(35)10-31)9-18(34)30-15(6-20(36)37)16(33)11-38-23-21(27)13(25)5-14(26)22(23)28/h1-2,5,7,15H,3-4,6,8-11H2,(H,30,34)(H,36,37). The molecule has 1 saturated heterocycles. The van der Waals surface area contributed by atoms with E-state index in [2.05, 4.69) is 15.0 Å². The van der Waals surface area contributed by atoms with E-state index < -0.39 is 78.2 Å². The van der Waals surface area contributed by atoms with E-state index in [1.54, 1.807) is 18.3 Å². The number of carboxylic acid groups (broad SMARTS) is 1. The zero-order valence-corrected chi connectivity index (χ0v) is 20.3. The summed E-state index contributed by atoms with van der Waals surface area (Å²) in [5.74, 6) is -12.7. The van der Waals surface area contributed by atoms with Gasteiger partial charge in [-0.2, -0.15) is 8.78 Å². The molecule has 0 spiro atoms. The number of carboxylic acids is 1. The summed E-state index contributed by atoms with van der Waals surface area (Å²) in [6.45, 7) is -0.708. The number of nitrogens with zero attached hydrogens (tertiary/aromatic N) is 3. The molecular formula is C23H21ClF4N4O6. The largest absolute Gasteiger partial charge is 0.481 e. The lowest BCUT2D eigenvalue weighted by Crippen LogP contribution is -2.54. The van der Waals surface area contributed by atoms with Crippen molar-refractivity contribution in [2.75, 3.05) is 32.8 Å². The number of amides is 2. The number of carbonyl (C=O) groups excluding carboxylic acids is 3. The minimum absolute atomic E-state index is 0.0114. The van der Waals surface area contributed by atoms with E-state index in [1.165, 1.54) is 4.90 Å². The van der Waals surface area contributed by atoms with Gasteiger partial charge in [-0.1, -0.05) is 17.7 Å². The zero-order chi connectivity index (χ0) is 28.0. The highest BCUT2D eigenvalue weighted by atomic mass is 35.5. The van der Waals surface area contributed by atoms with Crippen molar-refractivity contribution in [2.45, 2.75) is 19.0 Å². The van der Waals surface area contributed by atoms with E-state index in [0.717, 1.165) is 5.56 Å². The molecule has 2 aromatic rings. The number of halogens is 5. The van der Waals surface area contributed by atoms with E-state index in [4.69, 9.17) is 16.7 Å². The summed E-state index contributed by atoms with van der Waals surface area (Å²) in [5, 5.41) is 11.6. The maximum atomic E-state index is 13.7. The van der Waals surface area contributed by atoms with Gasteiger partial charge in [-0.05, 0) is 11.6 Å². The molecule has 204 valence electrons. The molecule has 0 saturated carbocycles. The SMILES string of the molecule is O=C(O)CC(NC(=O)CN1CCN(Cc2ccc(Cl)nc2)CC1=O)C(=O)COc1c(F)c(F)cc(F)c1F. The lowest BCUT2D eigenvalue weighted by atomic mass is 10.1. The number of benzene rings is 1. The van der Waals surface area contributed by atoms with Crippen molar-refractivity contribution in [3.05, 3.63) is 58.4 Å². The third kappa shape index (κ3) is 7.61. The highest BCUT2D eigenvalue weighted by Gasteiger charge is 2.29. The summed E-state index contributed by atoms with van der Waals surface area (Å²) in [4.78, 5) is 55.6. The molecule has 0 aliphatic carbocycles. The maximum absolute atomic E-state index is 13.7.